The van der Waals surface area contributed by atoms with Gasteiger partial charge in [0, 0.05) is 25.7 Å². The van der Waals surface area contributed by atoms with Crippen LogP contribution in [0.4, 0.5) is 0 Å². The Morgan fingerprint density at radius 3 is 2.19 bits per heavy atom. The maximum absolute atomic E-state index is 3.95. The zero-order chi connectivity index (χ0) is 25.0. The minimum atomic E-state index is 0.302. The van der Waals surface area contributed by atoms with Crippen LogP contribution in [0.3, 0.4) is 0 Å². The normalized spacial score (nSPS) is 19.3. The molecule has 0 spiro atoms. The van der Waals surface area contributed by atoms with Crippen LogP contribution in [0.15, 0.2) is 115 Å². The number of benzene rings is 5. The van der Waals surface area contributed by atoms with Crippen molar-refractivity contribution in [3.8, 4) is 0 Å². The predicted molar refractivity (Wildman–Crippen MR) is 157 cm³/mol. The molecule has 1 N–H and O–H groups in total. The quantitative estimate of drug-likeness (QED) is 0.252. The van der Waals surface area contributed by atoms with Gasteiger partial charge >= 0.3 is 0 Å². The van der Waals surface area contributed by atoms with Crippen molar-refractivity contribution in [2.24, 2.45) is 5.92 Å². The van der Waals surface area contributed by atoms with Crippen molar-refractivity contribution in [3.05, 3.63) is 132 Å². The molecular formula is C35H36N2. The molecule has 0 aliphatic carbocycles. The molecule has 37 heavy (non-hydrogen) atoms. The van der Waals surface area contributed by atoms with Crippen LogP contribution in [0.1, 0.15) is 42.0 Å². The number of piperidine rings is 1. The first-order valence-corrected chi connectivity index (χ1v) is 13.7. The number of rotatable bonds is 7. The first-order chi connectivity index (χ1) is 18.3. The second kappa shape index (κ2) is 10.9. The van der Waals surface area contributed by atoms with Crippen LogP contribution in [0, 0.1) is 5.92 Å². The highest BCUT2D eigenvalue weighted by atomic mass is 15.1. The monoisotopic (exact) mass is 484 g/mol. The fourth-order valence-electron chi connectivity index (χ4n) is 6.33. The third-order valence-electron chi connectivity index (χ3n) is 8.30. The standard InChI is InChI=1S/C35H36N2/c1-26(32-20-10-16-29-14-6-8-19-35(29)32)36-23-31-25-37(22-21-34(31)27-11-3-2-4-12-27)24-30-17-9-15-28-13-5-7-18-33(28)30/h2-20,26,31,34,36H,21-25H2,1H3/t26-,31?,34?/m1/s1. The molecule has 5 aromatic carbocycles. The maximum atomic E-state index is 3.95. The number of likely N-dealkylation sites (tertiary alicyclic amines) is 1. The molecule has 1 heterocycles. The topological polar surface area (TPSA) is 15.3 Å². The van der Waals surface area contributed by atoms with Crippen molar-refractivity contribution in [1.82, 2.24) is 10.2 Å². The molecule has 0 saturated carbocycles. The van der Waals surface area contributed by atoms with Gasteiger partial charge in [-0.2, -0.15) is 0 Å². The van der Waals surface area contributed by atoms with Gasteiger partial charge in [-0.25, -0.2) is 0 Å². The van der Waals surface area contributed by atoms with Gasteiger partial charge in [-0.1, -0.05) is 115 Å². The molecule has 1 aliphatic rings. The van der Waals surface area contributed by atoms with E-state index in [1.165, 1.54) is 44.7 Å². The molecule has 1 aliphatic heterocycles. The van der Waals surface area contributed by atoms with Gasteiger partial charge in [0.25, 0.3) is 0 Å². The average molecular weight is 485 g/mol. The summed E-state index contributed by atoms with van der Waals surface area (Å²) in [5.41, 5.74) is 4.31. The smallest absolute Gasteiger partial charge is 0.0298 e. The minimum absolute atomic E-state index is 0.302. The Balaban J connectivity index is 1.22. The largest absolute Gasteiger partial charge is 0.310 e. The number of fused-ring (bicyclic) bond motifs is 2. The molecule has 2 heteroatoms. The first kappa shape index (κ1) is 23.9. The Bertz CT molecular complexity index is 1460. The van der Waals surface area contributed by atoms with Crippen LogP contribution in [-0.4, -0.2) is 24.5 Å². The summed E-state index contributed by atoms with van der Waals surface area (Å²) in [6, 6.07) is 42.4. The SMILES string of the molecule is C[C@@H](NCC1CN(Cc2cccc3ccccc23)CCC1c1ccccc1)c1cccc2ccccc12. The number of hydrogen-bond donors (Lipinski definition) is 1. The van der Waals surface area contributed by atoms with Gasteiger partial charge in [-0.05, 0) is 70.0 Å². The molecular weight excluding hydrogens is 448 g/mol. The van der Waals surface area contributed by atoms with Crippen molar-refractivity contribution in [1.29, 1.82) is 0 Å². The predicted octanol–water partition coefficient (Wildman–Crippen LogP) is 7.95. The van der Waals surface area contributed by atoms with E-state index >= 15 is 0 Å². The van der Waals surface area contributed by atoms with E-state index in [2.05, 4.69) is 132 Å². The van der Waals surface area contributed by atoms with Gasteiger partial charge in [0.05, 0.1) is 0 Å². The molecule has 186 valence electrons. The Morgan fingerprint density at radius 2 is 1.38 bits per heavy atom. The van der Waals surface area contributed by atoms with Crippen molar-refractivity contribution in [2.75, 3.05) is 19.6 Å². The molecule has 0 bridgehead atoms. The summed E-state index contributed by atoms with van der Waals surface area (Å²) < 4.78 is 0. The third-order valence-corrected chi connectivity index (χ3v) is 8.30. The molecule has 0 amide bonds. The second-order valence-electron chi connectivity index (χ2n) is 10.6. The zero-order valence-corrected chi connectivity index (χ0v) is 21.7. The van der Waals surface area contributed by atoms with E-state index in [4.69, 9.17) is 0 Å². The number of nitrogens with zero attached hydrogens (tertiary/aromatic N) is 1. The molecule has 0 aromatic heterocycles. The lowest BCUT2D eigenvalue weighted by atomic mass is 9.80. The first-order valence-electron chi connectivity index (χ1n) is 13.7. The second-order valence-corrected chi connectivity index (χ2v) is 10.6. The summed E-state index contributed by atoms with van der Waals surface area (Å²) in [5.74, 6) is 1.14. The average Bonchev–Trinajstić information content (AvgIpc) is 2.96. The highest BCUT2D eigenvalue weighted by Crippen LogP contribution is 2.34. The third kappa shape index (κ3) is 5.18. The summed E-state index contributed by atoms with van der Waals surface area (Å²) in [5, 5.41) is 9.33. The van der Waals surface area contributed by atoms with Crippen molar-refractivity contribution in [2.45, 2.75) is 31.8 Å². The maximum Gasteiger partial charge on any atom is 0.0298 e. The molecule has 1 fully saturated rings. The van der Waals surface area contributed by atoms with Crippen molar-refractivity contribution in [3.63, 3.8) is 0 Å². The van der Waals surface area contributed by atoms with E-state index in [0.717, 1.165) is 26.2 Å². The zero-order valence-electron chi connectivity index (χ0n) is 21.7. The van der Waals surface area contributed by atoms with E-state index in [-0.39, 0.29) is 0 Å². The molecule has 6 rings (SSSR count). The fourth-order valence-corrected chi connectivity index (χ4v) is 6.33. The van der Waals surface area contributed by atoms with Crippen LogP contribution < -0.4 is 5.32 Å². The summed E-state index contributed by atoms with van der Waals surface area (Å²) in [7, 11) is 0. The molecule has 2 unspecified atom stereocenters. The van der Waals surface area contributed by atoms with Crippen molar-refractivity contribution >= 4 is 21.5 Å². The fraction of sp³-hybridized carbons (Fsp3) is 0.257. The highest BCUT2D eigenvalue weighted by Gasteiger charge is 2.30. The van der Waals surface area contributed by atoms with Gasteiger partial charge < -0.3 is 5.32 Å². The van der Waals surface area contributed by atoms with E-state index in [0.29, 0.717) is 17.9 Å². The van der Waals surface area contributed by atoms with Gasteiger partial charge in [-0.3, -0.25) is 4.90 Å². The Labute approximate surface area is 220 Å². The summed E-state index contributed by atoms with van der Waals surface area (Å²) >= 11 is 0. The lowest BCUT2D eigenvalue weighted by Gasteiger charge is -2.40. The molecule has 2 nitrogen and oxygen atoms in total. The number of hydrogen-bond acceptors (Lipinski definition) is 2. The van der Waals surface area contributed by atoms with E-state index < -0.39 is 0 Å². The Morgan fingerprint density at radius 1 is 0.730 bits per heavy atom. The van der Waals surface area contributed by atoms with Crippen LogP contribution >= 0.6 is 0 Å². The lowest BCUT2D eigenvalue weighted by molar-refractivity contribution is 0.143. The van der Waals surface area contributed by atoms with E-state index in [1.807, 2.05) is 0 Å². The summed E-state index contributed by atoms with van der Waals surface area (Å²) in [4.78, 5) is 2.68. The molecule has 0 radical (unpaired) electrons. The Hall–Kier alpha value is -3.46. The lowest BCUT2D eigenvalue weighted by Crippen LogP contribution is -2.43. The number of nitrogens with one attached hydrogen (secondary N) is 1. The van der Waals surface area contributed by atoms with Crippen LogP contribution in [0.25, 0.3) is 21.5 Å². The van der Waals surface area contributed by atoms with Gasteiger partial charge in [-0.15, -0.1) is 0 Å². The molecule has 3 atom stereocenters. The van der Waals surface area contributed by atoms with Gasteiger partial charge in [0.2, 0.25) is 0 Å². The van der Waals surface area contributed by atoms with Gasteiger partial charge in [0.15, 0.2) is 0 Å². The highest BCUT2D eigenvalue weighted by molar-refractivity contribution is 5.86. The minimum Gasteiger partial charge on any atom is -0.310 e. The van der Waals surface area contributed by atoms with Crippen LogP contribution in [0.2, 0.25) is 0 Å². The van der Waals surface area contributed by atoms with Crippen LogP contribution in [0.5, 0.6) is 0 Å². The summed E-state index contributed by atoms with van der Waals surface area (Å²) in [6.07, 6.45) is 1.20. The molecule has 1 saturated heterocycles. The van der Waals surface area contributed by atoms with Gasteiger partial charge in [0.1, 0.15) is 0 Å². The van der Waals surface area contributed by atoms with E-state index in [1.54, 1.807) is 0 Å². The van der Waals surface area contributed by atoms with E-state index in [9.17, 15) is 0 Å². The van der Waals surface area contributed by atoms with Crippen LogP contribution in [-0.2, 0) is 6.54 Å². The Kier molecular flexibility index (Phi) is 7.03. The summed E-state index contributed by atoms with van der Waals surface area (Å²) in [6.45, 7) is 6.58. The molecule has 5 aromatic rings. The van der Waals surface area contributed by atoms with Crippen molar-refractivity contribution < 1.29 is 0 Å².